The maximum atomic E-state index is 5.69. The number of aliphatic imine (C=N–C) groups is 1. The molecule has 0 heterocycles. The lowest BCUT2D eigenvalue weighted by molar-refractivity contribution is 0.505. The monoisotopic (exact) mass is 237 g/mol. The second-order valence-electron chi connectivity index (χ2n) is 5.82. The number of rotatable bonds is 2. The maximum Gasteiger partial charge on any atom is 0.114 e. The van der Waals surface area contributed by atoms with Crippen molar-refractivity contribution in [3.8, 4) is 0 Å². The van der Waals surface area contributed by atoms with Gasteiger partial charge in [-0.3, -0.25) is 4.99 Å². The summed E-state index contributed by atoms with van der Waals surface area (Å²) in [5.74, 6) is 8.11. The predicted octanol–water partition coefficient (Wildman–Crippen LogP) is 3.01. The number of hydrazine groups is 1. The van der Waals surface area contributed by atoms with Crippen LogP contribution in [0.2, 0.25) is 0 Å². The molecule has 0 aromatic heterocycles. The molecule has 98 valence electrons. The number of hydrogen-bond acceptors (Lipinski definition) is 2. The first-order valence-electron chi connectivity index (χ1n) is 7.35. The highest BCUT2D eigenvalue weighted by Gasteiger charge is 2.28. The normalized spacial score (nSPS) is 32.5. The van der Waals surface area contributed by atoms with E-state index in [0.717, 1.165) is 11.8 Å². The third-order valence-corrected chi connectivity index (χ3v) is 4.51. The highest BCUT2D eigenvalue weighted by molar-refractivity contribution is 5.84. The quantitative estimate of drug-likeness (QED) is 0.255. The van der Waals surface area contributed by atoms with Crippen molar-refractivity contribution in [3.05, 3.63) is 0 Å². The van der Waals surface area contributed by atoms with E-state index >= 15 is 0 Å². The van der Waals surface area contributed by atoms with Gasteiger partial charge >= 0.3 is 0 Å². The van der Waals surface area contributed by atoms with Gasteiger partial charge in [-0.25, -0.2) is 5.84 Å². The van der Waals surface area contributed by atoms with E-state index in [0.29, 0.717) is 12.0 Å². The van der Waals surface area contributed by atoms with Gasteiger partial charge in [-0.05, 0) is 31.6 Å². The van der Waals surface area contributed by atoms with E-state index < -0.39 is 0 Å². The molecule has 0 radical (unpaired) electrons. The standard InChI is InChI=1S/C14H27N3/c1-11-7-6-10-13(11)14(17-15)16-12-8-4-2-3-5-9-12/h11-13H,2-10,15H2,1H3,(H,16,17). The van der Waals surface area contributed by atoms with E-state index in [1.165, 1.54) is 57.8 Å². The van der Waals surface area contributed by atoms with Gasteiger partial charge in [-0.1, -0.05) is 39.0 Å². The number of nitrogens with two attached hydrogens (primary N) is 1. The Bertz CT molecular complexity index is 254. The third-order valence-electron chi connectivity index (χ3n) is 4.51. The van der Waals surface area contributed by atoms with Crippen molar-refractivity contribution in [2.24, 2.45) is 22.7 Å². The molecule has 0 aromatic carbocycles. The van der Waals surface area contributed by atoms with Crippen LogP contribution in [0.15, 0.2) is 4.99 Å². The Morgan fingerprint density at radius 3 is 2.24 bits per heavy atom. The Hall–Kier alpha value is -0.570. The van der Waals surface area contributed by atoms with Gasteiger partial charge in [-0.15, -0.1) is 0 Å². The molecule has 0 spiro atoms. The second-order valence-corrected chi connectivity index (χ2v) is 5.82. The number of amidine groups is 1. The molecular weight excluding hydrogens is 210 g/mol. The minimum Gasteiger partial charge on any atom is -0.312 e. The van der Waals surface area contributed by atoms with Crippen LogP contribution in [0.3, 0.4) is 0 Å². The zero-order valence-electron chi connectivity index (χ0n) is 11.1. The summed E-state index contributed by atoms with van der Waals surface area (Å²) >= 11 is 0. The Morgan fingerprint density at radius 2 is 1.71 bits per heavy atom. The average Bonchev–Trinajstić information content (AvgIpc) is 2.62. The third kappa shape index (κ3) is 3.44. The Balaban J connectivity index is 2.00. The van der Waals surface area contributed by atoms with Gasteiger partial charge < -0.3 is 5.43 Å². The molecule has 0 aliphatic heterocycles. The van der Waals surface area contributed by atoms with Crippen LogP contribution >= 0.6 is 0 Å². The topological polar surface area (TPSA) is 50.4 Å². The van der Waals surface area contributed by atoms with Gasteiger partial charge in [0.2, 0.25) is 0 Å². The lowest BCUT2D eigenvalue weighted by atomic mass is 9.96. The van der Waals surface area contributed by atoms with Crippen molar-refractivity contribution < 1.29 is 0 Å². The van der Waals surface area contributed by atoms with Gasteiger partial charge in [0.15, 0.2) is 0 Å². The first-order valence-corrected chi connectivity index (χ1v) is 7.35. The Kier molecular flexibility index (Phi) is 4.84. The van der Waals surface area contributed by atoms with Gasteiger partial charge in [0.25, 0.3) is 0 Å². The molecule has 2 rings (SSSR count). The van der Waals surface area contributed by atoms with Crippen molar-refractivity contribution in [2.45, 2.75) is 70.8 Å². The molecule has 2 aliphatic carbocycles. The van der Waals surface area contributed by atoms with Crippen molar-refractivity contribution in [1.82, 2.24) is 5.43 Å². The second kappa shape index (κ2) is 6.39. The van der Waals surface area contributed by atoms with Gasteiger partial charge in [0.1, 0.15) is 5.84 Å². The van der Waals surface area contributed by atoms with Crippen LogP contribution < -0.4 is 11.3 Å². The molecule has 0 amide bonds. The highest BCUT2D eigenvalue weighted by Crippen LogP contribution is 2.32. The van der Waals surface area contributed by atoms with Crippen LogP contribution in [0.5, 0.6) is 0 Å². The zero-order valence-corrected chi connectivity index (χ0v) is 11.1. The Labute approximate surface area is 105 Å². The van der Waals surface area contributed by atoms with Crippen LogP contribution in [0.25, 0.3) is 0 Å². The highest BCUT2D eigenvalue weighted by atomic mass is 15.3. The van der Waals surface area contributed by atoms with Crippen molar-refractivity contribution in [2.75, 3.05) is 0 Å². The summed E-state index contributed by atoms with van der Waals surface area (Å²) in [6.07, 6.45) is 11.9. The van der Waals surface area contributed by atoms with Crippen molar-refractivity contribution in [1.29, 1.82) is 0 Å². The van der Waals surface area contributed by atoms with E-state index in [-0.39, 0.29) is 0 Å². The zero-order chi connectivity index (χ0) is 12.1. The molecule has 2 fully saturated rings. The van der Waals surface area contributed by atoms with E-state index in [1.807, 2.05) is 0 Å². The van der Waals surface area contributed by atoms with Crippen LogP contribution in [-0.2, 0) is 0 Å². The predicted molar refractivity (Wildman–Crippen MR) is 72.8 cm³/mol. The molecule has 3 nitrogen and oxygen atoms in total. The molecule has 2 atom stereocenters. The van der Waals surface area contributed by atoms with E-state index in [9.17, 15) is 0 Å². The molecule has 0 bridgehead atoms. The molecule has 2 unspecified atom stereocenters. The summed E-state index contributed by atoms with van der Waals surface area (Å²) in [5.41, 5.74) is 2.89. The van der Waals surface area contributed by atoms with Crippen molar-refractivity contribution in [3.63, 3.8) is 0 Å². The van der Waals surface area contributed by atoms with E-state index in [2.05, 4.69) is 12.3 Å². The molecule has 17 heavy (non-hydrogen) atoms. The molecule has 3 N–H and O–H groups in total. The van der Waals surface area contributed by atoms with Crippen LogP contribution in [-0.4, -0.2) is 11.9 Å². The lowest BCUT2D eigenvalue weighted by Crippen LogP contribution is -2.38. The van der Waals surface area contributed by atoms with Crippen LogP contribution in [0, 0.1) is 11.8 Å². The van der Waals surface area contributed by atoms with E-state index in [4.69, 9.17) is 10.8 Å². The number of hydrogen-bond donors (Lipinski definition) is 2. The van der Waals surface area contributed by atoms with Crippen molar-refractivity contribution >= 4 is 5.84 Å². The molecule has 2 aliphatic rings. The first kappa shape index (κ1) is 12.9. The summed E-state index contributed by atoms with van der Waals surface area (Å²) in [4.78, 5) is 4.93. The van der Waals surface area contributed by atoms with Crippen LogP contribution in [0.1, 0.15) is 64.7 Å². The average molecular weight is 237 g/mol. The molecule has 0 saturated heterocycles. The molecule has 3 heteroatoms. The fourth-order valence-electron chi connectivity index (χ4n) is 3.38. The summed E-state index contributed by atoms with van der Waals surface area (Å²) in [5, 5.41) is 0. The summed E-state index contributed by atoms with van der Waals surface area (Å²) in [6, 6.07) is 0.524. The number of nitrogens with one attached hydrogen (secondary N) is 1. The smallest absolute Gasteiger partial charge is 0.114 e. The molecular formula is C14H27N3. The first-order chi connectivity index (χ1) is 8.31. The summed E-state index contributed by atoms with van der Waals surface area (Å²) in [7, 11) is 0. The maximum absolute atomic E-state index is 5.69. The number of nitrogens with zero attached hydrogens (tertiary/aromatic N) is 1. The SMILES string of the molecule is CC1CCCC1C(=NC1CCCCCC1)NN. The summed E-state index contributed by atoms with van der Waals surface area (Å²) < 4.78 is 0. The fraction of sp³-hybridized carbons (Fsp3) is 0.929. The summed E-state index contributed by atoms with van der Waals surface area (Å²) in [6.45, 7) is 2.33. The van der Waals surface area contributed by atoms with Crippen LogP contribution in [0.4, 0.5) is 0 Å². The molecule has 2 saturated carbocycles. The lowest BCUT2D eigenvalue weighted by Gasteiger charge is -2.20. The van der Waals surface area contributed by atoms with Gasteiger partial charge in [0.05, 0.1) is 6.04 Å². The minimum atomic E-state index is 0.524. The molecule has 0 aromatic rings. The van der Waals surface area contributed by atoms with E-state index in [1.54, 1.807) is 0 Å². The fourth-order valence-corrected chi connectivity index (χ4v) is 3.38. The van der Waals surface area contributed by atoms with Gasteiger partial charge in [0, 0.05) is 5.92 Å². The minimum absolute atomic E-state index is 0.524. The van der Waals surface area contributed by atoms with Gasteiger partial charge in [-0.2, -0.15) is 0 Å². The largest absolute Gasteiger partial charge is 0.312 e. The Morgan fingerprint density at radius 1 is 1.00 bits per heavy atom.